The molecule has 0 saturated carbocycles. The lowest BCUT2D eigenvalue weighted by molar-refractivity contribution is -0.228. The zero-order chi connectivity index (χ0) is 14.2. The molecule has 4 N–H and O–H groups in total. The van der Waals surface area contributed by atoms with Crippen LogP contribution in [0.1, 0.15) is 27.2 Å². The monoisotopic (exact) mass is 268 g/mol. The van der Waals surface area contributed by atoms with Crippen molar-refractivity contribution < 1.29 is 34.6 Å². The molecule has 0 radical (unpaired) electrons. The summed E-state index contributed by atoms with van der Waals surface area (Å²) in [5.74, 6) is -3.68. The van der Waals surface area contributed by atoms with Crippen molar-refractivity contribution in [2.45, 2.75) is 45.1 Å². The van der Waals surface area contributed by atoms with Crippen LogP contribution >= 0.6 is 0 Å². The summed E-state index contributed by atoms with van der Waals surface area (Å²) < 4.78 is 15.2. The summed E-state index contributed by atoms with van der Waals surface area (Å²) in [7, 11) is 0. The molecule has 1 atom stereocenters. The van der Waals surface area contributed by atoms with Gasteiger partial charge in [-0.2, -0.15) is 0 Å². The average Bonchev–Trinajstić information content (AvgIpc) is 2.17. The highest BCUT2D eigenvalue weighted by molar-refractivity contribution is 4.53. The molecule has 0 aromatic carbocycles. The SMILES string of the molecule is CC(OCCCOCC(C)(O)O)OCC(C)(O)O. The van der Waals surface area contributed by atoms with Crippen LogP contribution in [0.4, 0.5) is 0 Å². The van der Waals surface area contributed by atoms with E-state index >= 15 is 0 Å². The fourth-order valence-electron chi connectivity index (χ4n) is 0.999. The number of ether oxygens (including phenoxy) is 3. The maximum absolute atomic E-state index is 8.99. The van der Waals surface area contributed by atoms with Gasteiger partial charge in [0.25, 0.3) is 0 Å². The Bertz CT molecular complexity index is 206. The summed E-state index contributed by atoms with van der Waals surface area (Å²) in [5, 5.41) is 35.9. The molecule has 0 bridgehead atoms. The molecule has 18 heavy (non-hydrogen) atoms. The summed E-state index contributed by atoms with van der Waals surface area (Å²) in [6.45, 7) is 4.40. The molecule has 0 aliphatic heterocycles. The number of hydrogen-bond acceptors (Lipinski definition) is 7. The molecule has 0 amide bonds. The topological polar surface area (TPSA) is 109 Å². The summed E-state index contributed by atoms with van der Waals surface area (Å²) in [5.41, 5.74) is 0. The zero-order valence-electron chi connectivity index (χ0n) is 11.1. The Morgan fingerprint density at radius 1 is 0.889 bits per heavy atom. The third-order valence-electron chi connectivity index (χ3n) is 1.75. The molecule has 0 aromatic rings. The molecular weight excluding hydrogens is 244 g/mol. The highest BCUT2D eigenvalue weighted by Gasteiger charge is 2.17. The molecule has 0 aromatic heterocycles. The van der Waals surface area contributed by atoms with E-state index in [-0.39, 0.29) is 13.2 Å². The van der Waals surface area contributed by atoms with Gasteiger partial charge in [0.1, 0.15) is 6.61 Å². The van der Waals surface area contributed by atoms with Gasteiger partial charge >= 0.3 is 0 Å². The van der Waals surface area contributed by atoms with Crippen molar-refractivity contribution in [3.05, 3.63) is 0 Å². The average molecular weight is 268 g/mol. The first-order valence-corrected chi connectivity index (χ1v) is 5.80. The largest absolute Gasteiger partial charge is 0.376 e. The van der Waals surface area contributed by atoms with Crippen LogP contribution in [0.5, 0.6) is 0 Å². The molecular formula is C11H24O7. The maximum atomic E-state index is 8.99. The Kier molecular flexibility index (Phi) is 7.88. The summed E-state index contributed by atoms with van der Waals surface area (Å²) >= 11 is 0. The minimum atomic E-state index is -1.87. The van der Waals surface area contributed by atoms with Gasteiger partial charge in [-0.3, -0.25) is 0 Å². The molecule has 0 aliphatic rings. The van der Waals surface area contributed by atoms with Crippen LogP contribution in [0, 0.1) is 0 Å². The van der Waals surface area contributed by atoms with E-state index in [2.05, 4.69) is 0 Å². The quantitative estimate of drug-likeness (QED) is 0.302. The van der Waals surface area contributed by atoms with Crippen molar-refractivity contribution in [1.82, 2.24) is 0 Å². The van der Waals surface area contributed by atoms with E-state index in [9.17, 15) is 0 Å². The second-order valence-electron chi connectivity index (χ2n) is 4.59. The van der Waals surface area contributed by atoms with Crippen LogP contribution in [0.3, 0.4) is 0 Å². The van der Waals surface area contributed by atoms with E-state index in [1.165, 1.54) is 13.8 Å². The van der Waals surface area contributed by atoms with Crippen LogP contribution in [0.2, 0.25) is 0 Å². The van der Waals surface area contributed by atoms with Crippen molar-refractivity contribution in [3.8, 4) is 0 Å². The summed E-state index contributed by atoms with van der Waals surface area (Å²) in [6, 6.07) is 0. The molecule has 7 heteroatoms. The fourth-order valence-corrected chi connectivity index (χ4v) is 0.999. The second-order valence-corrected chi connectivity index (χ2v) is 4.59. The van der Waals surface area contributed by atoms with Gasteiger partial charge in [0, 0.05) is 6.61 Å². The van der Waals surface area contributed by atoms with E-state index in [1.807, 2.05) is 0 Å². The van der Waals surface area contributed by atoms with Gasteiger partial charge in [0.2, 0.25) is 0 Å². The van der Waals surface area contributed by atoms with Gasteiger partial charge in [0.05, 0.1) is 13.2 Å². The minimum absolute atomic E-state index is 0.160. The normalized spacial score (nSPS) is 14.8. The van der Waals surface area contributed by atoms with Crippen LogP contribution in [-0.2, 0) is 14.2 Å². The molecule has 1 unspecified atom stereocenters. The highest BCUT2D eigenvalue weighted by Crippen LogP contribution is 2.03. The fraction of sp³-hybridized carbons (Fsp3) is 1.00. The van der Waals surface area contributed by atoms with Gasteiger partial charge in [-0.1, -0.05) is 0 Å². The van der Waals surface area contributed by atoms with E-state index in [0.717, 1.165) is 0 Å². The smallest absolute Gasteiger partial charge is 0.183 e. The molecule has 0 rings (SSSR count). The van der Waals surface area contributed by atoms with Gasteiger partial charge < -0.3 is 34.6 Å². The van der Waals surface area contributed by atoms with E-state index < -0.39 is 17.9 Å². The molecule has 0 spiro atoms. The van der Waals surface area contributed by atoms with Crippen molar-refractivity contribution in [2.75, 3.05) is 26.4 Å². The molecule has 0 saturated heterocycles. The standard InChI is InChI=1S/C11H24O7/c1-9(18-8-11(3,14)15)17-6-4-5-16-7-10(2,12)13/h9,12-15H,4-8H2,1-3H3. The molecule has 7 nitrogen and oxygen atoms in total. The van der Waals surface area contributed by atoms with E-state index in [0.29, 0.717) is 19.6 Å². The first kappa shape index (κ1) is 17.7. The Labute approximate surface area is 107 Å². The van der Waals surface area contributed by atoms with Crippen LogP contribution in [0.25, 0.3) is 0 Å². The first-order valence-electron chi connectivity index (χ1n) is 5.80. The van der Waals surface area contributed by atoms with Crippen LogP contribution < -0.4 is 0 Å². The molecule has 0 heterocycles. The van der Waals surface area contributed by atoms with Crippen molar-refractivity contribution in [3.63, 3.8) is 0 Å². The lowest BCUT2D eigenvalue weighted by Crippen LogP contribution is -2.32. The maximum Gasteiger partial charge on any atom is 0.183 e. The minimum Gasteiger partial charge on any atom is -0.376 e. The lowest BCUT2D eigenvalue weighted by atomic mass is 10.3. The van der Waals surface area contributed by atoms with Crippen molar-refractivity contribution in [1.29, 1.82) is 0 Å². The molecule has 110 valence electrons. The van der Waals surface area contributed by atoms with Gasteiger partial charge in [-0.05, 0) is 27.2 Å². The van der Waals surface area contributed by atoms with Gasteiger partial charge in [0.15, 0.2) is 17.9 Å². The van der Waals surface area contributed by atoms with Gasteiger partial charge in [-0.25, -0.2) is 0 Å². The predicted octanol–water partition coefficient (Wildman–Crippen LogP) is -0.826. The third kappa shape index (κ3) is 13.8. The van der Waals surface area contributed by atoms with E-state index in [1.54, 1.807) is 6.92 Å². The van der Waals surface area contributed by atoms with Crippen LogP contribution in [-0.4, -0.2) is 64.7 Å². The molecule has 0 aliphatic carbocycles. The van der Waals surface area contributed by atoms with Gasteiger partial charge in [-0.15, -0.1) is 0 Å². The van der Waals surface area contributed by atoms with Crippen LogP contribution in [0.15, 0.2) is 0 Å². The predicted molar refractivity (Wildman–Crippen MR) is 62.5 cm³/mol. The number of aliphatic hydroxyl groups is 4. The Morgan fingerprint density at radius 3 is 1.94 bits per heavy atom. The number of hydrogen-bond donors (Lipinski definition) is 4. The summed E-state index contributed by atoms with van der Waals surface area (Å²) in [4.78, 5) is 0. The lowest BCUT2D eigenvalue weighted by Gasteiger charge is -2.20. The van der Waals surface area contributed by atoms with Crippen molar-refractivity contribution in [2.24, 2.45) is 0 Å². The Morgan fingerprint density at radius 2 is 1.44 bits per heavy atom. The van der Waals surface area contributed by atoms with Crippen molar-refractivity contribution >= 4 is 0 Å². The summed E-state index contributed by atoms with van der Waals surface area (Å²) in [6.07, 6.45) is 0.0174. The highest BCUT2D eigenvalue weighted by atomic mass is 16.7. The zero-order valence-corrected chi connectivity index (χ0v) is 11.1. The van der Waals surface area contributed by atoms with E-state index in [4.69, 9.17) is 34.6 Å². The Balaban J connectivity index is 3.38. The third-order valence-corrected chi connectivity index (χ3v) is 1.75. The number of rotatable bonds is 10. The Hall–Kier alpha value is -0.280. The first-order chi connectivity index (χ1) is 8.10. The molecule has 0 fully saturated rings. The second kappa shape index (κ2) is 8.00.